The maximum atomic E-state index is 14.0. The number of benzene rings is 4. The first-order valence-electron chi connectivity index (χ1n) is 15.6. The molecule has 1 fully saturated rings. The van der Waals surface area contributed by atoms with Crippen LogP contribution in [0.1, 0.15) is 20.7 Å². The highest BCUT2D eigenvalue weighted by atomic mass is 16.7. The Bertz CT molecular complexity index is 2350. The van der Waals surface area contributed by atoms with Gasteiger partial charge in [-0.2, -0.15) is 0 Å². The van der Waals surface area contributed by atoms with Crippen LogP contribution in [0.4, 0.5) is 0 Å². The Morgan fingerprint density at radius 1 is 0.655 bits per heavy atom. The lowest BCUT2D eigenvalue weighted by Gasteiger charge is -2.41. The lowest BCUT2D eigenvalue weighted by atomic mass is 9.98. The van der Waals surface area contributed by atoms with Gasteiger partial charge < -0.3 is 84.6 Å². The summed E-state index contributed by atoms with van der Waals surface area (Å²) in [6.07, 6.45) is -10.5. The van der Waals surface area contributed by atoms with Gasteiger partial charge in [0.25, 0.3) is 0 Å². The fraction of sp³-hybridized carbons (Fsp3) is 0.171. The molecule has 0 unspecified atom stereocenters. The van der Waals surface area contributed by atoms with Crippen molar-refractivity contribution in [3.63, 3.8) is 0 Å². The van der Waals surface area contributed by atoms with Crippen LogP contribution >= 0.6 is 0 Å². The molecule has 1 saturated heterocycles. The molecule has 0 saturated carbocycles. The summed E-state index contributed by atoms with van der Waals surface area (Å²) in [7, 11) is 0. The Morgan fingerprint density at radius 3 is 1.82 bits per heavy atom. The molecular formula is C35H28O20. The first-order valence-corrected chi connectivity index (χ1v) is 15.6. The highest BCUT2D eigenvalue weighted by molar-refractivity contribution is 5.92. The number of aliphatic hydroxyl groups is 2. The number of ether oxygens (including phenoxy) is 4. The predicted molar refractivity (Wildman–Crippen MR) is 178 cm³/mol. The van der Waals surface area contributed by atoms with Crippen molar-refractivity contribution in [1.82, 2.24) is 0 Å². The summed E-state index contributed by atoms with van der Waals surface area (Å²) < 4.78 is 27.9. The predicted octanol–water partition coefficient (Wildman–Crippen LogP) is 1.42. The second-order valence-electron chi connectivity index (χ2n) is 12.0. The molecule has 0 radical (unpaired) electrons. The van der Waals surface area contributed by atoms with Crippen LogP contribution in [-0.4, -0.2) is 111 Å². The minimum atomic E-state index is -2.23. The van der Waals surface area contributed by atoms with Crippen LogP contribution in [0, 0.1) is 0 Å². The number of hydrogen-bond acceptors (Lipinski definition) is 20. The van der Waals surface area contributed by atoms with Crippen molar-refractivity contribution in [1.29, 1.82) is 0 Å². The molecule has 288 valence electrons. The Hall–Kier alpha value is -7.29. The van der Waals surface area contributed by atoms with Gasteiger partial charge in [0.05, 0.1) is 11.1 Å². The number of carbonyl (C=O) groups is 2. The van der Waals surface area contributed by atoms with Crippen molar-refractivity contribution in [2.24, 2.45) is 0 Å². The minimum absolute atomic E-state index is 0.169. The van der Waals surface area contributed by atoms with Crippen molar-refractivity contribution in [3.8, 4) is 74.6 Å². The highest BCUT2D eigenvalue weighted by Crippen LogP contribution is 2.41. The van der Waals surface area contributed by atoms with Gasteiger partial charge in [0.15, 0.2) is 57.9 Å². The summed E-state index contributed by atoms with van der Waals surface area (Å²) in [4.78, 5) is 40.0. The van der Waals surface area contributed by atoms with E-state index in [0.717, 1.165) is 42.5 Å². The summed E-state index contributed by atoms with van der Waals surface area (Å²) in [5, 5.41) is 121. The normalized spacial score (nSPS) is 19.5. The molecule has 0 aliphatic carbocycles. The Kier molecular flexibility index (Phi) is 9.72. The lowest BCUT2D eigenvalue weighted by molar-refractivity contribution is -0.276. The molecule has 1 aromatic heterocycles. The standard InChI is InChI=1S/C35H28O20/c36-14-8-17(39)24-22(9-14)52-30(11-1-2-15(37)16(38)3-11)31(28(24)47)55-35-32(54-34(50)13-6-20(42)26(45)21(43)7-13)29(48)27(46)23(53-35)10-51-33(49)12-4-18(40)25(44)19(41)5-12/h1-9,23,27,29,32,35-46,48H,10H2/t23-,27-,29+,32-,35+/m1/s1. The summed E-state index contributed by atoms with van der Waals surface area (Å²) in [6.45, 7) is -0.940. The monoisotopic (exact) mass is 768 g/mol. The van der Waals surface area contributed by atoms with Gasteiger partial charge in [0.1, 0.15) is 47.4 Å². The number of rotatable bonds is 8. The summed E-state index contributed by atoms with van der Waals surface area (Å²) in [5.41, 5.74) is -2.86. The molecule has 2 heterocycles. The molecule has 55 heavy (non-hydrogen) atoms. The molecule has 1 aliphatic heterocycles. The third-order valence-corrected chi connectivity index (χ3v) is 8.27. The number of fused-ring (bicyclic) bond motifs is 1. The molecule has 20 heteroatoms. The van der Waals surface area contributed by atoms with E-state index in [-0.39, 0.29) is 5.56 Å². The number of esters is 2. The van der Waals surface area contributed by atoms with Crippen molar-refractivity contribution in [2.75, 3.05) is 6.61 Å². The summed E-state index contributed by atoms with van der Waals surface area (Å²) >= 11 is 0. The Morgan fingerprint density at radius 2 is 1.24 bits per heavy atom. The molecule has 1 aliphatic rings. The topological polar surface area (TPSA) is 344 Å². The summed E-state index contributed by atoms with van der Waals surface area (Å²) in [6, 6.07) is 7.64. The van der Waals surface area contributed by atoms with Gasteiger partial charge in [0, 0.05) is 17.7 Å². The molecule has 0 amide bonds. The SMILES string of the molecule is O=C(OC[C@H]1O[C@@H](Oc2c(-c3ccc(O)c(O)c3)oc3cc(O)cc(O)c3c2=O)[C@H](OC(=O)c2cc(O)c(O)c(O)c2)[C@@H](O)[C@@H]1O)c1cc(O)c(O)c(O)c1. The van der Waals surface area contributed by atoms with E-state index in [4.69, 9.17) is 23.4 Å². The van der Waals surface area contributed by atoms with Crippen LogP contribution in [0.15, 0.2) is 63.8 Å². The van der Waals surface area contributed by atoms with Gasteiger partial charge in [-0.15, -0.1) is 0 Å². The van der Waals surface area contributed by atoms with E-state index in [2.05, 4.69) is 0 Å². The van der Waals surface area contributed by atoms with Crippen LogP contribution < -0.4 is 10.2 Å². The van der Waals surface area contributed by atoms with Crippen molar-refractivity contribution < 1.29 is 94.2 Å². The van der Waals surface area contributed by atoms with Crippen molar-refractivity contribution in [3.05, 3.63) is 75.9 Å². The third-order valence-electron chi connectivity index (χ3n) is 8.27. The average Bonchev–Trinajstić information content (AvgIpc) is 3.13. The van der Waals surface area contributed by atoms with Gasteiger partial charge in [-0.3, -0.25) is 4.79 Å². The number of aromatic hydroxyl groups is 10. The first-order chi connectivity index (χ1) is 25.9. The van der Waals surface area contributed by atoms with Crippen LogP contribution in [0.3, 0.4) is 0 Å². The molecule has 6 rings (SSSR count). The average molecular weight is 769 g/mol. The molecule has 20 nitrogen and oxygen atoms in total. The quantitative estimate of drug-likeness (QED) is 0.0784. The summed E-state index contributed by atoms with van der Waals surface area (Å²) in [5.74, 6) is -12.4. The Labute approximate surface area is 304 Å². The first kappa shape index (κ1) is 37.5. The van der Waals surface area contributed by atoms with Gasteiger partial charge >= 0.3 is 11.9 Å². The fourth-order valence-electron chi connectivity index (χ4n) is 5.49. The molecule has 0 spiro atoms. The fourth-order valence-corrected chi connectivity index (χ4v) is 5.49. The van der Waals surface area contributed by atoms with Crippen LogP contribution in [0.25, 0.3) is 22.3 Å². The number of carbonyl (C=O) groups excluding carboxylic acids is 2. The van der Waals surface area contributed by atoms with Crippen LogP contribution in [-0.2, 0) is 14.2 Å². The molecular weight excluding hydrogens is 740 g/mol. The molecule has 4 aromatic carbocycles. The van der Waals surface area contributed by atoms with Crippen molar-refractivity contribution >= 4 is 22.9 Å². The van der Waals surface area contributed by atoms with Crippen LogP contribution in [0.5, 0.6) is 63.2 Å². The number of phenolic OH excluding ortho intramolecular Hbond substituents is 10. The van der Waals surface area contributed by atoms with E-state index in [1.165, 1.54) is 0 Å². The second kappa shape index (κ2) is 14.3. The maximum absolute atomic E-state index is 14.0. The second-order valence-corrected chi connectivity index (χ2v) is 12.0. The van der Waals surface area contributed by atoms with E-state index in [9.17, 15) is 75.7 Å². The van der Waals surface area contributed by atoms with E-state index >= 15 is 0 Å². The van der Waals surface area contributed by atoms with E-state index in [0.29, 0.717) is 12.1 Å². The molecule has 5 atom stereocenters. The molecule has 5 aromatic rings. The van der Waals surface area contributed by atoms with Gasteiger partial charge in [-0.1, -0.05) is 0 Å². The number of aliphatic hydroxyl groups excluding tert-OH is 2. The van der Waals surface area contributed by atoms with E-state index in [1.54, 1.807) is 0 Å². The van der Waals surface area contributed by atoms with Gasteiger partial charge in [-0.25, -0.2) is 9.59 Å². The number of phenols is 10. The maximum Gasteiger partial charge on any atom is 0.339 e. The van der Waals surface area contributed by atoms with Gasteiger partial charge in [-0.05, 0) is 42.5 Å². The largest absolute Gasteiger partial charge is 0.508 e. The molecule has 12 N–H and O–H groups in total. The zero-order valence-corrected chi connectivity index (χ0v) is 27.4. The van der Waals surface area contributed by atoms with Crippen LogP contribution in [0.2, 0.25) is 0 Å². The third kappa shape index (κ3) is 7.10. The minimum Gasteiger partial charge on any atom is -0.508 e. The smallest absolute Gasteiger partial charge is 0.339 e. The van der Waals surface area contributed by atoms with E-state index < -0.39 is 146 Å². The van der Waals surface area contributed by atoms with Gasteiger partial charge in [0.2, 0.25) is 17.5 Å². The zero-order valence-electron chi connectivity index (χ0n) is 27.4. The van der Waals surface area contributed by atoms with Crippen molar-refractivity contribution in [2.45, 2.75) is 30.7 Å². The lowest BCUT2D eigenvalue weighted by Crippen LogP contribution is -2.61. The Balaban J connectivity index is 1.42. The zero-order chi connectivity index (χ0) is 40.0. The highest BCUT2D eigenvalue weighted by Gasteiger charge is 2.49. The van der Waals surface area contributed by atoms with E-state index in [1.807, 2.05) is 0 Å². The number of hydrogen-bond donors (Lipinski definition) is 12. The molecule has 0 bridgehead atoms.